The van der Waals surface area contributed by atoms with Gasteiger partial charge in [-0.25, -0.2) is 0 Å². The van der Waals surface area contributed by atoms with Crippen LogP contribution in [0.25, 0.3) is 0 Å². The first kappa shape index (κ1) is 11.8. The standard InChI is InChI=1S/C11H17NO3/c1-7(12-15-4)5-6-8-9(10(13)14)11(8,2)3/h5-6,8-9H,1-4H3,(H,13,14). The molecule has 0 aromatic carbocycles. The molecule has 0 saturated heterocycles. The van der Waals surface area contributed by atoms with E-state index in [0.29, 0.717) is 0 Å². The molecule has 1 rings (SSSR count). The summed E-state index contributed by atoms with van der Waals surface area (Å²) in [5.41, 5.74) is 0.597. The van der Waals surface area contributed by atoms with Crippen molar-refractivity contribution < 1.29 is 14.7 Å². The lowest BCUT2D eigenvalue weighted by atomic mass is 10.1. The fourth-order valence-corrected chi connectivity index (χ4v) is 1.93. The topological polar surface area (TPSA) is 58.9 Å². The smallest absolute Gasteiger partial charge is 0.307 e. The van der Waals surface area contributed by atoms with Crippen LogP contribution in [0.5, 0.6) is 0 Å². The normalized spacial score (nSPS) is 29.2. The SMILES string of the molecule is CON=C(C)C=CC1C(C(=O)O)C1(C)C. The molecule has 1 saturated carbocycles. The second-order valence-electron chi connectivity index (χ2n) is 4.44. The quantitative estimate of drug-likeness (QED) is 0.571. The number of carbonyl (C=O) groups is 1. The monoisotopic (exact) mass is 211 g/mol. The maximum Gasteiger partial charge on any atom is 0.307 e. The summed E-state index contributed by atoms with van der Waals surface area (Å²) in [4.78, 5) is 15.5. The van der Waals surface area contributed by atoms with Gasteiger partial charge in [0, 0.05) is 0 Å². The first-order valence-corrected chi connectivity index (χ1v) is 4.90. The number of carboxylic acid groups (broad SMARTS) is 1. The van der Waals surface area contributed by atoms with Gasteiger partial charge in [-0.3, -0.25) is 4.79 Å². The molecule has 0 aromatic heterocycles. The molecular weight excluding hydrogens is 194 g/mol. The van der Waals surface area contributed by atoms with Crippen LogP contribution in [0, 0.1) is 17.3 Å². The Labute approximate surface area is 89.6 Å². The molecule has 0 aliphatic heterocycles. The Bertz CT molecular complexity index is 318. The van der Waals surface area contributed by atoms with E-state index in [-0.39, 0.29) is 17.3 Å². The van der Waals surface area contributed by atoms with E-state index in [0.717, 1.165) is 5.71 Å². The largest absolute Gasteiger partial charge is 0.481 e. The predicted octanol–water partition coefficient (Wildman–Crippen LogP) is 1.92. The molecule has 1 N–H and O–H groups in total. The van der Waals surface area contributed by atoms with Gasteiger partial charge >= 0.3 is 5.97 Å². The highest BCUT2D eigenvalue weighted by molar-refractivity contribution is 5.92. The lowest BCUT2D eigenvalue weighted by molar-refractivity contribution is -0.139. The van der Waals surface area contributed by atoms with Crippen molar-refractivity contribution in [2.45, 2.75) is 20.8 Å². The van der Waals surface area contributed by atoms with E-state index in [1.165, 1.54) is 7.11 Å². The van der Waals surface area contributed by atoms with Crippen LogP contribution < -0.4 is 0 Å². The molecule has 1 aliphatic carbocycles. The Morgan fingerprint density at radius 2 is 2.13 bits per heavy atom. The highest BCUT2D eigenvalue weighted by Crippen LogP contribution is 2.58. The molecule has 0 spiro atoms. The number of oxime groups is 1. The minimum Gasteiger partial charge on any atom is -0.481 e. The number of carboxylic acids is 1. The van der Waals surface area contributed by atoms with Gasteiger partial charge in [-0.05, 0) is 24.3 Å². The summed E-state index contributed by atoms with van der Waals surface area (Å²) in [5.74, 6) is -0.905. The van der Waals surface area contributed by atoms with Gasteiger partial charge in [0.1, 0.15) is 7.11 Å². The zero-order valence-electron chi connectivity index (χ0n) is 9.52. The molecule has 15 heavy (non-hydrogen) atoms. The number of allylic oxidation sites excluding steroid dienone is 2. The van der Waals surface area contributed by atoms with Crippen molar-refractivity contribution >= 4 is 11.7 Å². The highest BCUT2D eigenvalue weighted by Gasteiger charge is 2.60. The Morgan fingerprint density at radius 3 is 2.53 bits per heavy atom. The molecule has 2 unspecified atom stereocenters. The van der Waals surface area contributed by atoms with Crippen LogP contribution in [0.4, 0.5) is 0 Å². The van der Waals surface area contributed by atoms with Crippen molar-refractivity contribution in [2.75, 3.05) is 7.11 Å². The third-order valence-electron chi connectivity index (χ3n) is 2.96. The maximum absolute atomic E-state index is 10.9. The van der Waals surface area contributed by atoms with Crippen LogP contribution in [0.15, 0.2) is 17.3 Å². The zero-order valence-corrected chi connectivity index (χ0v) is 9.52. The third kappa shape index (κ3) is 2.37. The van der Waals surface area contributed by atoms with Crippen molar-refractivity contribution in [3.8, 4) is 0 Å². The van der Waals surface area contributed by atoms with Gasteiger partial charge in [0.05, 0.1) is 11.6 Å². The fourth-order valence-electron chi connectivity index (χ4n) is 1.93. The van der Waals surface area contributed by atoms with Gasteiger partial charge in [-0.1, -0.05) is 25.1 Å². The van der Waals surface area contributed by atoms with Crippen LogP contribution in [0.1, 0.15) is 20.8 Å². The Kier molecular flexibility index (Phi) is 3.17. The van der Waals surface area contributed by atoms with Gasteiger partial charge in [-0.2, -0.15) is 0 Å². The summed E-state index contributed by atoms with van der Waals surface area (Å²) in [6.07, 6.45) is 3.70. The molecule has 0 radical (unpaired) electrons. The lowest BCUT2D eigenvalue weighted by Gasteiger charge is -1.96. The van der Waals surface area contributed by atoms with Crippen LogP contribution in [0.2, 0.25) is 0 Å². The van der Waals surface area contributed by atoms with Crippen molar-refractivity contribution in [1.29, 1.82) is 0 Å². The van der Waals surface area contributed by atoms with Crippen LogP contribution in [-0.2, 0) is 9.63 Å². The van der Waals surface area contributed by atoms with E-state index in [9.17, 15) is 4.79 Å². The number of hydrogen-bond donors (Lipinski definition) is 1. The number of aliphatic carboxylic acids is 1. The summed E-state index contributed by atoms with van der Waals surface area (Å²) in [5, 5.41) is 12.7. The molecule has 0 amide bonds. The molecular formula is C11H17NO3. The first-order chi connectivity index (χ1) is 6.91. The average molecular weight is 211 g/mol. The minimum absolute atomic E-state index is 0.0945. The van der Waals surface area contributed by atoms with Gasteiger partial charge in [-0.15, -0.1) is 0 Å². The van der Waals surface area contributed by atoms with E-state index in [1.807, 2.05) is 26.8 Å². The van der Waals surface area contributed by atoms with E-state index in [2.05, 4.69) is 9.99 Å². The Balaban J connectivity index is 2.63. The number of nitrogens with zero attached hydrogens (tertiary/aromatic N) is 1. The molecule has 0 heterocycles. The van der Waals surface area contributed by atoms with E-state index in [1.54, 1.807) is 6.08 Å². The van der Waals surface area contributed by atoms with E-state index in [4.69, 9.17) is 5.11 Å². The van der Waals surface area contributed by atoms with Crippen LogP contribution >= 0.6 is 0 Å². The average Bonchev–Trinajstić information content (AvgIpc) is 2.65. The third-order valence-corrected chi connectivity index (χ3v) is 2.96. The number of rotatable bonds is 4. The molecule has 2 atom stereocenters. The summed E-state index contributed by atoms with van der Waals surface area (Å²) < 4.78 is 0. The van der Waals surface area contributed by atoms with E-state index < -0.39 is 5.97 Å². The Morgan fingerprint density at radius 1 is 1.53 bits per heavy atom. The number of hydrogen-bond acceptors (Lipinski definition) is 3. The molecule has 1 aliphatic rings. The highest BCUT2D eigenvalue weighted by atomic mass is 16.6. The summed E-state index contributed by atoms with van der Waals surface area (Å²) in [6, 6.07) is 0. The maximum atomic E-state index is 10.9. The summed E-state index contributed by atoms with van der Waals surface area (Å²) in [6.45, 7) is 5.73. The Hall–Kier alpha value is -1.32. The van der Waals surface area contributed by atoms with Crippen LogP contribution in [0.3, 0.4) is 0 Å². The van der Waals surface area contributed by atoms with Gasteiger partial charge in [0.25, 0.3) is 0 Å². The van der Waals surface area contributed by atoms with Crippen LogP contribution in [-0.4, -0.2) is 23.9 Å². The first-order valence-electron chi connectivity index (χ1n) is 4.90. The molecule has 84 valence electrons. The summed E-state index contributed by atoms with van der Waals surface area (Å²) >= 11 is 0. The predicted molar refractivity (Wildman–Crippen MR) is 57.7 cm³/mol. The molecule has 1 fully saturated rings. The van der Waals surface area contributed by atoms with Crippen molar-refractivity contribution in [1.82, 2.24) is 0 Å². The molecule has 0 bridgehead atoms. The van der Waals surface area contributed by atoms with Gasteiger partial charge in [0.15, 0.2) is 0 Å². The summed E-state index contributed by atoms with van der Waals surface area (Å²) in [7, 11) is 1.48. The molecule has 4 nitrogen and oxygen atoms in total. The molecule has 4 heteroatoms. The second-order valence-corrected chi connectivity index (χ2v) is 4.44. The van der Waals surface area contributed by atoms with Gasteiger partial charge in [0.2, 0.25) is 0 Å². The second kappa shape index (κ2) is 4.04. The zero-order chi connectivity index (χ0) is 11.6. The lowest BCUT2D eigenvalue weighted by Crippen LogP contribution is -2.03. The van der Waals surface area contributed by atoms with Crippen molar-refractivity contribution in [3.63, 3.8) is 0 Å². The fraction of sp³-hybridized carbons (Fsp3) is 0.636. The molecule has 0 aromatic rings. The minimum atomic E-state index is -0.726. The van der Waals surface area contributed by atoms with Crippen molar-refractivity contribution in [2.24, 2.45) is 22.4 Å². The van der Waals surface area contributed by atoms with E-state index >= 15 is 0 Å². The van der Waals surface area contributed by atoms with Gasteiger partial charge < -0.3 is 9.94 Å². The van der Waals surface area contributed by atoms with Crippen molar-refractivity contribution in [3.05, 3.63) is 12.2 Å².